The summed E-state index contributed by atoms with van der Waals surface area (Å²) in [6.45, 7) is 6.43. The highest BCUT2D eigenvalue weighted by atomic mass is 16.5. The number of ether oxygens (including phenoxy) is 2. The van der Waals surface area contributed by atoms with Crippen molar-refractivity contribution in [1.82, 2.24) is 9.97 Å². The van der Waals surface area contributed by atoms with Crippen LogP contribution in [0.1, 0.15) is 30.9 Å². The van der Waals surface area contributed by atoms with Gasteiger partial charge >= 0.3 is 0 Å². The minimum Gasteiger partial charge on any atom is -0.497 e. The molecule has 0 bridgehead atoms. The molecule has 0 aliphatic carbocycles. The number of methoxy groups -OCH3 is 2. The highest BCUT2D eigenvalue weighted by molar-refractivity contribution is 5.68. The molecule has 0 unspecified atom stereocenters. The normalized spacial score (nSPS) is 10.6. The predicted molar refractivity (Wildman–Crippen MR) is 113 cm³/mol. The van der Waals surface area contributed by atoms with E-state index in [4.69, 9.17) is 9.47 Å². The summed E-state index contributed by atoms with van der Waals surface area (Å²) < 4.78 is 10.7. The molecule has 0 radical (unpaired) electrons. The molecule has 0 saturated carbocycles. The first-order chi connectivity index (χ1) is 13.5. The Morgan fingerprint density at radius 3 is 2.50 bits per heavy atom. The Kier molecular flexibility index (Phi) is 5.99. The van der Waals surface area contributed by atoms with Crippen molar-refractivity contribution in [3.63, 3.8) is 0 Å². The number of para-hydroxylation sites is 1. The molecule has 3 rings (SSSR count). The van der Waals surface area contributed by atoms with Crippen molar-refractivity contribution in [1.29, 1.82) is 0 Å². The van der Waals surface area contributed by atoms with E-state index in [-0.39, 0.29) is 0 Å². The van der Waals surface area contributed by atoms with Crippen molar-refractivity contribution in [3.05, 3.63) is 59.8 Å². The molecule has 2 N–H and O–H groups in total. The van der Waals surface area contributed by atoms with Gasteiger partial charge in [-0.2, -0.15) is 4.98 Å². The zero-order valence-corrected chi connectivity index (χ0v) is 16.9. The molecule has 0 saturated heterocycles. The van der Waals surface area contributed by atoms with Gasteiger partial charge in [-0.1, -0.05) is 32.0 Å². The standard InChI is InChI=1S/C22H26N4O2/c1-14(2)17-8-6-7-15(3)21(17)26-22-23-12-11-20(25-22)24-18-13-16(27-4)9-10-19(18)28-5/h6-14H,1-5H3,(H2,23,24,25,26). The van der Waals surface area contributed by atoms with E-state index in [9.17, 15) is 0 Å². The summed E-state index contributed by atoms with van der Waals surface area (Å²) in [5.41, 5.74) is 4.21. The molecule has 28 heavy (non-hydrogen) atoms. The lowest BCUT2D eigenvalue weighted by atomic mass is 9.98. The van der Waals surface area contributed by atoms with E-state index in [2.05, 4.69) is 59.6 Å². The molecule has 0 amide bonds. The van der Waals surface area contributed by atoms with E-state index in [1.54, 1.807) is 20.4 Å². The highest BCUT2D eigenvalue weighted by Crippen LogP contribution is 2.32. The van der Waals surface area contributed by atoms with E-state index in [1.807, 2.05) is 24.3 Å². The first-order valence-corrected chi connectivity index (χ1v) is 9.20. The molecule has 0 spiro atoms. The van der Waals surface area contributed by atoms with Crippen molar-refractivity contribution in [2.24, 2.45) is 0 Å². The molecule has 0 atom stereocenters. The van der Waals surface area contributed by atoms with Crippen molar-refractivity contribution in [3.8, 4) is 11.5 Å². The van der Waals surface area contributed by atoms with Gasteiger partial charge in [0.2, 0.25) is 5.95 Å². The molecular weight excluding hydrogens is 352 g/mol. The van der Waals surface area contributed by atoms with Crippen LogP contribution in [0.5, 0.6) is 11.5 Å². The number of anilines is 4. The van der Waals surface area contributed by atoms with Gasteiger partial charge in [-0.3, -0.25) is 0 Å². The molecule has 0 aliphatic rings. The topological polar surface area (TPSA) is 68.3 Å². The van der Waals surface area contributed by atoms with Crippen molar-refractivity contribution >= 4 is 23.1 Å². The van der Waals surface area contributed by atoms with E-state index in [1.165, 1.54) is 5.56 Å². The van der Waals surface area contributed by atoms with Crippen LogP contribution in [0.4, 0.5) is 23.1 Å². The Morgan fingerprint density at radius 2 is 1.79 bits per heavy atom. The van der Waals surface area contributed by atoms with Crippen LogP contribution in [-0.4, -0.2) is 24.2 Å². The first kappa shape index (κ1) is 19.5. The number of benzene rings is 2. The zero-order chi connectivity index (χ0) is 20.1. The molecule has 2 aromatic carbocycles. The fourth-order valence-electron chi connectivity index (χ4n) is 2.99. The van der Waals surface area contributed by atoms with Gasteiger partial charge in [0, 0.05) is 18.0 Å². The van der Waals surface area contributed by atoms with Crippen LogP contribution in [0.3, 0.4) is 0 Å². The van der Waals surface area contributed by atoms with Gasteiger partial charge in [0.1, 0.15) is 17.3 Å². The summed E-state index contributed by atoms with van der Waals surface area (Å²) in [4.78, 5) is 8.98. The monoisotopic (exact) mass is 378 g/mol. The molecule has 3 aromatic rings. The van der Waals surface area contributed by atoms with Crippen LogP contribution in [0.25, 0.3) is 0 Å². The fourth-order valence-corrected chi connectivity index (χ4v) is 2.99. The van der Waals surface area contributed by atoms with Gasteiger partial charge in [-0.05, 0) is 42.2 Å². The van der Waals surface area contributed by atoms with Crippen LogP contribution in [0, 0.1) is 6.92 Å². The molecule has 0 fully saturated rings. The van der Waals surface area contributed by atoms with E-state index < -0.39 is 0 Å². The van der Waals surface area contributed by atoms with E-state index in [0.717, 1.165) is 22.7 Å². The Labute approximate surface area is 166 Å². The maximum Gasteiger partial charge on any atom is 0.229 e. The maximum atomic E-state index is 5.42. The molecule has 0 aliphatic heterocycles. The number of nitrogens with one attached hydrogen (secondary N) is 2. The lowest BCUT2D eigenvalue weighted by Gasteiger charge is -2.17. The van der Waals surface area contributed by atoms with Gasteiger partial charge in [0.25, 0.3) is 0 Å². The van der Waals surface area contributed by atoms with E-state index in [0.29, 0.717) is 23.4 Å². The van der Waals surface area contributed by atoms with Gasteiger partial charge < -0.3 is 20.1 Å². The predicted octanol–water partition coefficient (Wildman–Crippen LogP) is 5.41. The average Bonchev–Trinajstić information content (AvgIpc) is 2.69. The Balaban J connectivity index is 1.89. The first-order valence-electron chi connectivity index (χ1n) is 9.20. The van der Waals surface area contributed by atoms with Crippen LogP contribution in [0.2, 0.25) is 0 Å². The number of nitrogens with zero attached hydrogens (tertiary/aromatic N) is 2. The number of rotatable bonds is 7. The second-order valence-corrected chi connectivity index (χ2v) is 6.78. The Bertz CT molecular complexity index is 957. The summed E-state index contributed by atoms with van der Waals surface area (Å²) in [5.74, 6) is 3.02. The molecule has 1 heterocycles. The summed E-state index contributed by atoms with van der Waals surface area (Å²) in [7, 11) is 3.26. The maximum absolute atomic E-state index is 5.42. The van der Waals surface area contributed by atoms with E-state index >= 15 is 0 Å². The van der Waals surface area contributed by atoms with Gasteiger partial charge in [0.05, 0.1) is 19.9 Å². The van der Waals surface area contributed by atoms with Crippen LogP contribution >= 0.6 is 0 Å². The lowest BCUT2D eigenvalue weighted by Crippen LogP contribution is -2.05. The van der Waals surface area contributed by atoms with Crippen molar-refractivity contribution < 1.29 is 9.47 Å². The second-order valence-electron chi connectivity index (χ2n) is 6.78. The zero-order valence-electron chi connectivity index (χ0n) is 16.9. The number of hydrogen-bond acceptors (Lipinski definition) is 6. The van der Waals surface area contributed by atoms with Gasteiger partial charge in [-0.15, -0.1) is 0 Å². The Morgan fingerprint density at radius 1 is 0.964 bits per heavy atom. The third-order valence-corrected chi connectivity index (χ3v) is 4.49. The van der Waals surface area contributed by atoms with Crippen LogP contribution in [0.15, 0.2) is 48.7 Å². The van der Waals surface area contributed by atoms with Crippen LogP contribution in [-0.2, 0) is 0 Å². The summed E-state index contributed by atoms with van der Waals surface area (Å²) >= 11 is 0. The second kappa shape index (κ2) is 8.61. The number of aryl methyl sites for hydroxylation is 1. The third-order valence-electron chi connectivity index (χ3n) is 4.49. The SMILES string of the molecule is COc1ccc(OC)c(Nc2ccnc(Nc3c(C)cccc3C(C)C)n2)c1. The largest absolute Gasteiger partial charge is 0.497 e. The van der Waals surface area contributed by atoms with Gasteiger partial charge in [0.15, 0.2) is 0 Å². The minimum absolute atomic E-state index is 0.393. The van der Waals surface area contributed by atoms with Crippen LogP contribution < -0.4 is 20.1 Å². The minimum atomic E-state index is 0.393. The third kappa shape index (κ3) is 4.34. The van der Waals surface area contributed by atoms with Crippen molar-refractivity contribution in [2.45, 2.75) is 26.7 Å². The van der Waals surface area contributed by atoms with Gasteiger partial charge in [-0.25, -0.2) is 4.98 Å². The molecular formula is C22H26N4O2. The quantitative estimate of drug-likeness (QED) is 0.573. The molecule has 146 valence electrons. The molecule has 6 nitrogen and oxygen atoms in total. The smallest absolute Gasteiger partial charge is 0.229 e. The number of aromatic nitrogens is 2. The number of hydrogen-bond donors (Lipinski definition) is 2. The summed E-state index contributed by atoms with van der Waals surface area (Å²) in [6.07, 6.45) is 1.72. The summed E-state index contributed by atoms with van der Waals surface area (Å²) in [5, 5.41) is 6.66. The highest BCUT2D eigenvalue weighted by Gasteiger charge is 2.11. The average molecular weight is 378 g/mol. The molecule has 1 aromatic heterocycles. The summed E-state index contributed by atoms with van der Waals surface area (Å²) in [6, 6.07) is 13.7. The lowest BCUT2D eigenvalue weighted by molar-refractivity contribution is 0.405. The molecule has 6 heteroatoms. The fraction of sp³-hybridized carbons (Fsp3) is 0.273. The Hall–Kier alpha value is -3.28. The van der Waals surface area contributed by atoms with Crippen molar-refractivity contribution in [2.75, 3.05) is 24.9 Å².